The third-order valence-corrected chi connectivity index (χ3v) is 6.33. The first-order chi connectivity index (χ1) is 17.3. The number of hydrogen-bond donors (Lipinski definition) is 1. The van der Waals surface area contributed by atoms with Crippen LogP contribution in [0.25, 0.3) is 0 Å². The number of hydrogen-bond acceptors (Lipinski definition) is 5. The number of methoxy groups -OCH3 is 1. The topological polar surface area (TPSA) is 80.2 Å². The van der Waals surface area contributed by atoms with Crippen LogP contribution in [0.2, 0.25) is 10.0 Å². The molecule has 0 unspecified atom stereocenters. The summed E-state index contributed by atoms with van der Waals surface area (Å²) in [4.78, 5) is 26.3. The number of carbonyl (C=O) groups excluding carboxylic acids is 2. The van der Waals surface area contributed by atoms with E-state index in [0.29, 0.717) is 32.8 Å². The Morgan fingerprint density at radius 2 is 1.89 bits per heavy atom. The number of anilines is 1. The fourth-order valence-corrected chi connectivity index (χ4v) is 4.01. The van der Waals surface area contributed by atoms with Gasteiger partial charge in [0.1, 0.15) is 12.4 Å². The van der Waals surface area contributed by atoms with Gasteiger partial charge >= 0.3 is 0 Å². The number of nitrogens with one attached hydrogen (secondary N) is 1. The monoisotopic (exact) mass is 529 g/mol. The van der Waals surface area contributed by atoms with E-state index in [-0.39, 0.29) is 31.4 Å². The Hall–Kier alpha value is -3.62. The van der Waals surface area contributed by atoms with Crippen LogP contribution in [-0.4, -0.2) is 31.7 Å². The molecule has 3 aromatic rings. The number of halogens is 3. The van der Waals surface area contributed by atoms with Gasteiger partial charge in [0.2, 0.25) is 11.8 Å². The van der Waals surface area contributed by atoms with Crippen molar-refractivity contribution in [3.63, 3.8) is 0 Å². The average Bonchev–Trinajstić information content (AvgIpc) is 3.27. The number of hydrazone groups is 1. The summed E-state index contributed by atoms with van der Waals surface area (Å²) in [5.41, 5.74) is 4.55. The van der Waals surface area contributed by atoms with Crippen molar-refractivity contribution in [2.75, 3.05) is 18.6 Å². The van der Waals surface area contributed by atoms with Gasteiger partial charge in [-0.2, -0.15) is 5.10 Å². The first-order valence-corrected chi connectivity index (χ1v) is 11.7. The third kappa shape index (κ3) is 6.13. The zero-order valence-electron chi connectivity index (χ0n) is 19.2. The number of rotatable bonds is 8. The number of benzene rings is 3. The standard InChI is InChI=1S/C26H22Cl2FN3O4/c1-35-24-11-16(3-9-23(24)36-15-17-2-8-21(27)22(28)10-17)13-30-31-26(34)18-12-25(33)32(14-18)20-6-4-19(29)5-7-20/h2-11,13,18H,12,14-15H2,1H3,(H,31,34)/b30-13-/t18-/m0/s1. The second-order valence-electron chi connectivity index (χ2n) is 8.06. The molecule has 7 nitrogen and oxygen atoms in total. The molecule has 1 atom stereocenters. The van der Waals surface area contributed by atoms with Crippen LogP contribution in [0, 0.1) is 11.7 Å². The van der Waals surface area contributed by atoms with Crippen LogP contribution in [0.4, 0.5) is 10.1 Å². The van der Waals surface area contributed by atoms with E-state index in [1.165, 1.54) is 42.5 Å². The molecule has 10 heteroatoms. The first kappa shape index (κ1) is 25.5. The third-order valence-electron chi connectivity index (χ3n) is 5.59. The van der Waals surface area contributed by atoms with Gasteiger partial charge in [-0.05, 0) is 65.7 Å². The maximum Gasteiger partial charge on any atom is 0.245 e. The van der Waals surface area contributed by atoms with Crippen molar-refractivity contribution in [2.45, 2.75) is 13.0 Å². The SMILES string of the molecule is COc1cc(/C=N\NC(=O)[C@H]2CC(=O)N(c3ccc(F)cc3)C2)ccc1OCc1ccc(Cl)c(Cl)c1. The van der Waals surface area contributed by atoms with Crippen LogP contribution < -0.4 is 19.8 Å². The number of nitrogens with zero attached hydrogens (tertiary/aromatic N) is 2. The molecule has 0 saturated carbocycles. The van der Waals surface area contributed by atoms with E-state index < -0.39 is 11.7 Å². The molecular weight excluding hydrogens is 508 g/mol. The maximum absolute atomic E-state index is 13.2. The molecule has 186 valence electrons. The predicted molar refractivity (Wildman–Crippen MR) is 136 cm³/mol. The average molecular weight is 530 g/mol. The van der Waals surface area contributed by atoms with Gasteiger partial charge in [-0.1, -0.05) is 29.3 Å². The summed E-state index contributed by atoms with van der Waals surface area (Å²) in [6, 6.07) is 16.0. The Morgan fingerprint density at radius 1 is 1.11 bits per heavy atom. The number of amides is 2. The Kier molecular flexibility index (Phi) is 8.07. The van der Waals surface area contributed by atoms with Gasteiger partial charge in [-0.15, -0.1) is 0 Å². The zero-order valence-corrected chi connectivity index (χ0v) is 20.7. The van der Waals surface area contributed by atoms with Gasteiger partial charge in [-0.3, -0.25) is 9.59 Å². The Labute approximate surface area is 217 Å². The van der Waals surface area contributed by atoms with Crippen LogP contribution in [0.15, 0.2) is 65.8 Å². The largest absolute Gasteiger partial charge is 0.493 e. The van der Waals surface area contributed by atoms with Crippen molar-refractivity contribution in [1.29, 1.82) is 0 Å². The van der Waals surface area contributed by atoms with Gasteiger partial charge in [0.05, 0.1) is 29.3 Å². The molecule has 1 aliphatic rings. The maximum atomic E-state index is 13.2. The first-order valence-electron chi connectivity index (χ1n) is 11.0. The molecule has 2 amide bonds. The van der Waals surface area contributed by atoms with E-state index in [0.717, 1.165) is 5.56 Å². The highest BCUT2D eigenvalue weighted by Crippen LogP contribution is 2.30. The number of carbonyl (C=O) groups is 2. The van der Waals surface area contributed by atoms with E-state index in [9.17, 15) is 14.0 Å². The van der Waals surface area contributed by atoms with Gasteiger partial charge in [0.25, 0.3) is 0 Å². The molecule has 1 heterocycles. The van der Waals surface area contributed by atoms with E-state index in [1.54, 1.807) is 30.3 Å². The minimum atomic E-state index is -0.564. The summed E-state index contributed by atoms with van der Waals surface area (Å²) in [5.74, 6) is -0.524. The highest BCUT2D eigenvalue weighted by atomic mass is 35.5. The van der Waals surface area contributed by atoms with Gasteiger partial charge < -0.3 is 14.4 Å². The van der Waals surface area contributed by atoms with Crippen molar-refractivity contribution in [3.8, 4) is 11.5 Å². The molecular formula is C26H22Cl2FN3O4. The summed E-state index contributed by atoms with van der Waals surface area (Å²) >= 11 is 12.0. The summed E-state index contributed by atoms with van der Waals surface area (Å²) in [6.07, 6.45) is 1.52. The molecule has 1 saturated heterocycles. The Bertz CT molecular complexity index is 1300. The van der Waals surface area contributed by atoms with Crippen LogP contribution >= 0.6 is 23.2 Å². The highest BCUT2D eigenvalue weighted by Gasteiger charge is 2.35. The minimum Gasteiger partial charge on any atom is -0.493 e. The molecule has 1 fully saturated rings. The second kappa shape index (κ2) is 11.4. The van der Waals surface area contributed by atoms with Gasteiger partial charge in [0.15, 0.2) is 11.5 Å². The van der Waals surface area contributed by atoms with E-state index in [4.69, 9.17) is 32.7 Å². The minimum absolute atomic E-state index is 0.0530. The van der Waals surface area contributed by atoms with Crippen molar-refractivity contribution in [1.82, 2.24) is 5.43 Å². The quantitative estimate of drug-likeness (QED) is 0.320. The fraction of sp³-hybridized carbons (Fsp3) is 0.192. The molecule has 1 N–H and O–H groups in total. The Morgan fingerprint density at radius 3 is 2.61 bits per heavy atom. The lowest BCUT2D eigenvalue weighted by Crippen LogP contribution is -2.30. The van der Waals surface area contributed by atoms with Crippen LogP contribution in [0.3, 0.4) is 0 Å². The van der Waals surface area contributed by atoms with Gasteiger partial charge in [-0.25, -0.2) is 9.82 Å². The molecule has 0 aromatic heterocycles. The fourth-order valence-electron chi connectivity index (χ4n) is 3.69. The molecule has 0 spiro atoms. The summed E-state index contributed by atoms with van der Waals surface area (Å²) in [6.45, 7) is 0.469. The molecule has 0 bridgehead atoms. The predicted octanol–water partition coefficient (Wildman–Crippen LogP) is 5.22. The lowest BCUT2D eigenvalue weighted by Gasteiger charge is -2.16. The zero-order chi connectivity index (χ0) is 25.7. The van der Waals surface area contributed by atoms with E-state index >= 15 is 0 Å². The lowest BCUT2D eigenvalue weighted by atomic mass is 10.1. The van der Waals surface area contributed by atoms with Crippen LogP contribution in [-0.2, 0) is 16.2 Å². The molecule has 0 aliphatic carbocycles. The second-order valence-corrected chi connectivity index (χ2v) is 8.88. The summed E-state index contributed by atoms with van der Waals surface area (Å²) in [7, 11) is 1.52. The highest BCUT2D eigenvalue weighted by molar-refractivity contribution is 6.42. The van der Waals surface area contributed by atoms with Crippen molar-refractivity contribution < 1.29 is 23.5 Å². The summed E-state index contributed by atoms with van der Waals surface area (Å²) in [5, 5.41) is 4.93. The molecule has 3 aromatic carbocycles. The molecule has 4 rings (SSSR count). The number of ether oxygens (including phenoxy) is 2. The lowest BCUT2D eigenvalue weighted by molar-refractivity contribution is -0.126. The van der Waals surface area contributed by atoms with E-state index in [1.807, 2.05) is 6.07 Å². The molecule has 0 radical (unpaired) electrons. The smallest absolute Gasteiger partial charge is 0.245 e. The Balaban J connectivity index is 1.33. The van der Waals surface area contributed by atoms with Crippen LogP contribution in [0.1, 0.15) is 17.5 Å². The normalized spacial score (nSPS) is 15.4. The van der Waals surface area contributed by atoms with Gasteiger partial charge in [0, 0.05) is 18.7 Å². The van der Waals surface area contributed by atoms with E-state index in [2.05, 4.69) is 10.5 Å². The van der Waals surface area contributed by atoms with Crippen molar-refractivity contribution >= 4 is 46.9 Å². The summed E-state index contributed by atoms with van der Waals surface area (Å²) < 4.78 is 24.4. The van der Waals surface area contributed by atoms with Crippen molar-refractivity contribution in [3.05, 3.63) is 87.7 Å². The van der Waals surface area contributed by atoms with Crippen LogP contribution in [0.5, 0.6) is 11.5 Å². The molecule has 36 heavy (non-hydrogen) atoms. The molecule has 1 aliphatic heterocycles. The van der Waals surface area contributed by atoms with Crippen molar-refractivity contribution in [2.24, 2.45) is 11.0 Å².